The molecule has 100 valence electrons. The molecule has 0 aliphatic heterocycles. The molecule has 0 saturated heterocycles. The molecule has 0 aromatic rings. The fourth-order valence-electron chi connectivity index (χ4n) is 1.10. The molecule has 0 aromatic carbocycles. The Morgan fingerprint density at radius 3 is 1.41 bits per heavy atom. The summed E-state index contributed by atoms with van der Waals surface area (Å²) in [7, 11) is 3.61. The fraction of sp³-hybridized carbons (Fsp3) is 0.800. The van der Waals surface area contributed by atoms with Crippen molar-refractivity contribution >= 4 is 11.8 Å². The van der Waals surface area contributed by atoms with Crippen LogP contribution in [0.15, 0.2) is 0 Å². The van der Waals surface area contributed by atoms with Crippen LogP contribution in [0.3, 0.4) is 0 Å². The van der Waals surface area contributed by atoms with E-state index >= 15 is 0 Å². The van der Waals surface area contributed by atoms with Crippen molar-refractivity contribution in [2.45, 2.75) is 39.5 Å². The molecule has 0 saturated carbocycles. The summed E-state index contributed by atoms with van der Waals surface area (Å²) in [5, 5.41) is 0. The van der Waals surface area contributed by atoms with Crippen LogP contribution in [-0.2, 0) is 33.4 Å². The summed E-state index contributed by atoms with van der Waals surface area (Å²) in [4.78, 5) is 23.0. The third-order valence-electron chi connectivity index (χ3n) is 1.98. The van der Waals surface area contributed by atoms with Gasteiger partial charge in [-0.05, 0) is 0 Å². The molecule has 4 nitrogen and oxygen atoms in total. The molecule has 0 N–H and O–H groups in total. The first-order chi connectivity index (χ1) is 7.02. The monoisotopic (exact) mass is 328 g/mol. The number of carbonyl (C=O) groups excluding carboxylic acids is 2. The van der Waals surface area contributed by atoms with Gasteiger partial charge in [0.05, 0.1) is 0 Å². The van der Waals surface area contributed by atoms with Crippen molar-refractivity contribution in [2.24, 2.45) is 0 Å². The smallest absolute Gasteiger partial charge is 1.00 e. The molecular formula is C10H20F2N2O2Zr. The van der Waals surface area contributed by atoms with E-state index in [-0.39, 0.29) is 21.2 Å². The molecule has 0 bridgehead atoms. The summed E-state index contributed by atoms with van der Waals surface area (Å²) in [6.45, 7) is 3.98. The molecule has 0 aliphatic rings. The van der Waals surface area contributed by atoms with Crippen LogP contribution in [0.1, 0.15) is 39.5 Å². The third kappa shape index (κ3) is 9.39. The topological polar surface area (TPSA) is 40.6 Å². The Bertz CT molecular complexity index is 208. The van der Waals surface area contributed by atoms with Gasteiger partial charge < -0.3 is 9.41 Å². The van der Waals surface area contributed by atoms with Crippen LogP contribution >= 0.6 is 0 Å². The molecule has 0 atom stereocenters. The van der Waals surface area contributed by atoms with Crippen LogP contribution in [0.5, 0.6) is 0 Å². The molecule has 0 heterocycles. The Morgan fingerprint density at radius 2 is 1.18 bits per heavy atom. The zero-order valence-electron chi connectivity index (χ0n) is 10.8. The van der Waals surface area contributed by atoms with Crippen molar-refractivity contribution in [1.82, 2.24) is 5.69 Å². The molecule has 0 fully saturated rings. The second kappa shape index (κ2) is 12.1. The molecule has 0 aromatic heterocycles. The Labute approximate surface area is 114 Å². The number of hydrogen-bond donors (Lipinski definition) is 0. The maximum atomic E-state index is 11.5. The first-order valence-electron chi connectivity index (χ1n) is 5.32. The van der Waals surface area contributed by atoms with Gasteiger partial charge in [0.1, 0.15) is 0 Å². The van der Waals surface area contributed by atoms with E-state index in [0.29, 0.717) is 12.8 Å². The van der Waals surface area contributed by atoms with E-state index < -0.39 is 23.8 Å². The van der Waals surface area contributed by atoms with Crippen LogP contribution in [-0.4, -0.2) is 31.6 Å². The van der Waals surface area contributed by atoms with Gasteiger partial charge in [0.15, 0.2) is 0 Å². The standard InChI is InChI=1S/2C5H11NO.2FH.Zr/c2*1-3-4-5(7)6-2;;;/h2*3-4H2,1-2H3,(H,6,7);2*1H;/q;;;;+4/p-4. The van der Waals surface area contributed by atoms with Gasteiger partial charge in [-0.1, -0.05) is 0 Å². The van der Waals surface area contributed by atoms with Crippen molar-refractivity contribution < 1.29 is 42.8 Å². The summed E-state index contributed by atoms with van der Waals surface area (Å²) in [6.07, 6.45) is 2.92. The predicted molar refractivity (Wildman–Crippen MR) is 55.4 cm³/mol. The molecule has 0 rings (SSSR count). The summed E-state index contributed by atoms with van der Waals surface area (Å²) < 4.78 is 3.53. The van der Waals surface area contributed by atoms with Gasteiger partial charge in [-0.15, -0.1) is 0 Å². The van der Waals surface area contributed by atoms with Gasteiger partial charge in [0.25, 0.3) is 0 Å². The average Bonchev–Trinajstić information content (AvgIpc) is 2.18. The van der Waals surface area contributed by atoms with E-state index in [4.69, 9.17) is 0 Å². The Hall–Kier alpha value is -0.317. The minimum Gasteiger partial charge on any atom is -1.00 e. The number of halogens is 2. The molecule has 7 heteroatoms. The SMILES string of the molecule is CCCC(=O)[N](C)[Zr+2][N](C)C(=O)CCC.[F-].[F-]. The van der Waals surface area contributed by atoms with Crippen LogP contribution < -0.4 is 9.41 Å². The van der Waals surface area contributed by atoms with Crippen molar-refractivity contribution in [1.29, 1.82) is 0 Å². The molecule has 0 aliphatic carbocycles. The Kier molecular flexibility index (Phi) is 15.7. The van der Waals surface area contributed by atoms with Crippen molar-refractivity contribution in [3.63, 3.8) is 0 Å². The molecular weight excluding hydrogens is 309 g/mol. The third-order valence-corrected chi connectivity index (χ3v) is 4.68. The molecule has 0 radical (unpaired) electrons. The minimum absolute atomic E-state index is 0. The number of rotatable bonds is 6. The maximum absolute atomic E-state index is 11.5. The summed E-state index contributed by atoms with van der Waals surface area (Å²) >= 11 is -1.20. The van der Waals surface area contributed by atoms with Gasteiger partial charge in [-0.2, -0.15) is 0 Å². The largest absolute Gasteiger partial charge is 1.00 e. The number of nitrogens with zero attached hydrogens (tertiary/aromatic N) is 2. The van der Waals surface area contributed by atoms with E-state index in [1.165, 1.54) is 0 Å². The van der Waals surface area contributed by atoms with E-state index in [2.05, 4.69) is 0 Å². The van der Waals surface area contributed by atoms with E-state index in [0.717, 1.165) is 12.8 Å². The van der Waals surface area contributed by atoms with Crippen molar-refractivity contribution in [2.75, 3.05) is 14.1 Å². The molecule has 17 heavy (non-hydrogen) atoms. The van der Waals surface area contributed by atoms with E-state index in [1.807, 2.05) is 13.8 Å². The van der Waals surface area contributed by atoms with Gasteiger partial charge >= 0.3 is 105 Å². The number of amides is 2. The minimum atomic E-state index is -1.20. The summed E-state index contributed by atoms with van der Waals surface area (Å²) in [5.41, 5.74) is 0. The Balaban J connectivity index is -0.000000980. The van der Waals surface area contributed by atoms with Crippen molar-refractivity contribution in [3.8, 4) is 0 Å². The Morgan fingerprint density at radius 1 is 0.882 bits per heavy atom. The number of carbonyl (C=O) groups is 2. The van der Waals surface area contributed by atoms with E-state index in [1.54, 1.807) is 19.8 Å². The molecule has 0 spiro atoms. The molecule has 2 amide bonds. The maximum Gasteiger partial charge on any atom is -1.00 e. The summed E-state index contributed by atoms with van der Waals surface area (Å²) in [5.74, 6) is 0.334. The van der Waals surface area contributed by atoms with Crippen LogP contribution in [0, 0.1) is 0 Å². The number of hydrogen-bond acceptors (Lipinski definition) is 2. The van der Waals surface area contributed by atoms with Crippen LogP contribution in [0.2, 0.25) is 0 Å². The zero-order valence-corrected chi connectivity index (χ0v) is 13.3. The quantitative estimate of drug-likeness (QED) is 0.492. The fourth-order valence-corrected chi connectivity index (χ4v) is 3.30. The molecule has 0 unspecified atom stereocenters. The zero-order chi connectivity index (χ0) is 11.8. The first-order valence-corrected chi connectivity index (χ1v) is 7.52. The summed E-state index contributed by atoms with van der Waals surface area (Å²) in [6, 6.07) is 0. The van der Waals surface area contributed by atoms with Gasteiger partial charge in [-0.3, -0.25) is 0 Å². The van der Waals surface area contributed by atoms with E-state index in [9.17, 15) is 9.59 Å². The normalized spacial score (nSPS) is 8.24. The van der Waals surface area contributed by atoms with Crippen LogP contribution in [0.4, 0.5) is 0 Å². The average molecular weight is 330 g/mol. The first kappa shape index (κ1) is 21.9. The van der Waals surface area contributed by atoms with Gasteiger partial charge in [-0.25, -0.2) is 0 Å². The second-order valence-electron chi connectivity index (χ2n) is 3.51. The van der Waals surface area contributed by atoms with Crippen LogP contribution in [0.25, 0.3) is 0 Å². The predicted octanol–water partition coefficient (Wildman–Crippen LogP) is -4.58. The second-order valence-corrected chi connectivity index (χ2v) is 7.29. The van der Waals surface area contributed by atoms with Crippen molar-refractivity contribution in [3.05, 3.63) is 0 Å². The van der Waals surface area contributed by atoms with Gasteiger partial charge in [0, 0.05) is 0 Å². The van der Waals surface area contributed by atoms with Gasteiger partial charge in [0.2, 0.25) is 0 Å².